The van der Waals surface area contributed by atoms with Gasteiger partial charge in [-0.2, -0.15) is 0 Å². The number of hydrogen-bond acceptors (Lipinski definition) is 8. The van der Waals surface area contributed by atoms with E-state index in [2.05, 4.69) is 64.9 Å². The first-order valence-electron chi connectivity index (χ1n) is 15.8. The van der Waals surface area contributed by atoms with Crippen molar-refractivity contribution in [1.29, 1.82) is 0 Å². The number of amides is 1. The molecular formula is C34H51N3O6. The summed E-state index contributed by atoms with van der Waals surface area (Å²) >= 11 is 0. The molecule has 2 aliphatic rings. The highest BCUT2D eigenvalue weighted by Crippen LogP contribution is 2.36. The fourth-order valence-corrected chi connectivity index (χ4v) is 6.13. The lowest BCUT2D eigenvalue weighted by Gasteiger charge is -2.38. The van der Waals surface area contributed by atoms with Gasteiger partial charge in [-0.15, -0.1) is 0 Å². The molecule has 0 saturated carbocycles. The molecule has 0 radical (unpaired) electrons. The number of nitrogens with zero attached hydrogens (tertiary/aromatic N) is 1. The molecular weight excluding hydrogens is 546 g/mol. The molecule has 1 saturated heterocycles. The van der Waals surface area contributed by atoms with Crippen LogP contribution in [0.15, 0.2) is 42.5 Å². The van der Waals surface area contributed by atoms with E-state index in [1.807, 2.05) is 0 Å². The van der Waals surface area contributed by atoms with Crippen LogP contribution in [0.2, 0.25) is 0 Å². The lowest BCUT2D eigenvalue weighted by Crippen LogP contribution is -2.48. The summed E-state index contributed by atoms with van der Waals surface area (Å²) in [5.41, 5.74) is 3.49. The molecule has 2 heterocycles. The quantitative estimate of drug-likeness (QED) is 0.257. The van der Waals surface area contributed by atoms with E-state index in [1.165, 1.54) is 5.56 Å². The first kappa shape index (κ1) is 33.1. The highest BCUT2D eigenvalue weighted by atomic mass is 16.5. The summed E-state index contributed by atoms with van der Waals surface area (Å²) in [6.45, 7) is 7.89. The Bertz CT molecular complexity index is 1110. The van der Waals surface area contributed by atoms with Crippen LogP contribution in [0.5, 0.6) is 11.5 Å². The van der Waals surface area contributed by atoms with Gasteiger partial charge in [0.25, 0.3) is 0 Å². The van der Waals surface area contributed by atoms with Crippen molar-refractivity contribution in [2.45, 2.75) is 63.7 Å². The van der Waals surface area contributed by atoms with Gasteiger partial charge in [0.1, 0.15) is 18.1 Å². The maximum absolute atomic E-state index is 12.5. The smallest absolute Gasteiger partial charge is 0.222 e. The molecule has 0 bridgehead atoms. The number of fused-ring (bicyclic) bond motifs is 1. The molecule has 2 aliphatic heterocycles. The van der Waals surface area contributed by atoms with Gasteiger partial charge in [-0.3, -0.25) is 4.79 Å². The number of rotatable bonds is 17. The van der Waals surface area contributed by atoms with E-state index >= 15 is 0 Å². The summed E-state index contributed by atoms with van der Waals surface area (Å²) in [6, 6.07) is 15.1. The van der Waals surface area contributed by atoms with Gasteiger partial charge in [0.2, 0.25) is 5.91 Å². The zero-order valence-electron chi connectivity index (χ0n) is 26.4. The first-order chi connectivity index (χ1) is 21.1. The van der Waals surface area contributed by atoms with Crippen molar-refractivity contribution in [1.82, 2.24) is 10.6 Å². The van der Waals surface area contributed by atoms with Crippen LogP contribution >= 0.6 is 0 Å². The number of ether oxygens (including phenoxy) is 5. The molecule has 0 aliphatic carbocycles. The monoisotopic (exact) mass is 597 g/mol. The minimum absolute atomic E-state index is 0.00473. The van der Waals surface area contributed by atoms with Crippen molar-refractivity contribution < 1.29 is 28.5 Å². The molecule has 1 amide bonds. The molecule has 9 heteroatoms. The van der Waals surface area contributed by atoms with Crippen LogP contribution in [0.3, 0.4) is 0 Å². The van der Waals surface area contributed by atoms with Crippen molar-refractivity contribution >= 4 is 11.6 Å². The van der Waals surface area contributed by atoms with Crippen LogP contribution in [0.4, 0.5) is 5.69 Å². The summed E-state index contributed by atoms with van der Waals surface area (Å²) in [7, 11) is 5.17. The fourth-order valence-electron chi connectivity index (χ4n) is 6.13. The molecule has 2 aromatic rings. The minimum Gasteiger partial charge on any atom is -0.494 e. The number of hydrogen-bond donors (Lipinski definition) is 2. The third-order valence-corrected chi connectivity index (χ3v) is 8.57. The second-order valence-electron chi connectivity index (χ2n) is 11.5. The molecule has 0 spiro atoms. The Morgan fingerprint density at radius 1 is 1.09 bits per heavy atom. The molecule has 1 fully saturated rings. The van der Waals surface area contributed by atoms with Crippen LogP contribution in [0.25, 0.3) is 0 Å². The van der Waals surface area contributed by atoms with Gasteiger partial charge in [-0.05, 0) is 61.1 Å². The average Bonchev–Trinajstić information content (AvgIpc) is 3.05. The van der Waals surface area contributed by atoms with Gasteiger partial charge in [0.05, 0.1) is 31.5 Å². The highest BCUT2D eigenvalue weighted by molar-refractivity contribution is 5.78. The predicted molar refractivity (Wildman–Crippen MR) is 169 cm³/mol. The number of nitrogens with one attached hydrogen (secondary N) is 2. The van der Waals surface area contributed by atoms with Gasteiger partial charge in [0, 0.05) is 71.9 Å². The molecule has 2 N–H and O–H groups in total. The Hall–Kier alpha value is -2.85. The van der Waals surface area contributed by atoms with E-state index in [0.29, 0.717) is 26.4 Å². The number of methoxy groups -OCH3 is 2. The number of benzene rings is 2. The summed E-state index contributed by atoms with van der Waals surface area (Å²) in [6.07, 6.45) is 4.36. The standard InChI is InChI=1S/C34H51N3O6/c1-5-26(34(38)35-2)21-28-22-30(27-9-11-29(12-10-27)41-18-7-17-40-4)33(23-36-28)43-24-25-8-13-32-31(20-25)37(15-19-42-32)14-6-16-39-3/h8-13,20,26,28,30,33,36H,5-7,14-19,21-24H2,1-4H3,(H,35,38)/t26?,28-,30+,33-/m0/s1. The second kappa shape index (κ2) is 17.4. The predicted octanol–water partition coefficient (Wildman–Crippen LogP) is 4.53. The van der Waals surface area contributed by atoms with Gasteiger partial charge < -0.3 is 39.2 Å². The molecule has 238 valence electrons. The van der Waals surface area contributed by atoms with E-state index in [4.69, 9.17) is 23.7 Å². The summed E-state index contributed by atoms with van der Waals surface area (Å²) in [5, 5.41) is 6.54. The van der Waals surface area contributed by atoms with Crippen LogP contribution in [0.1, 0.15) is 56.1 Å². The van der Waals surface area contributed by atoms with E-state index in [-0.39, 0.29) is 29.9 Å². The van der Waals surface area contributed by atoms with Crippen molar-refractivity contribution in [3.05, 3.63) is 53.6 Å². The van der Waals surface area contributed by atoms with Gasteiger partial charge >= 0.3 is 0 Å². The molecule has 4 rings (SSSR count). The molecule has 43 heavy (non-hydrogen) atoms. The van der Waals surface area contributed by atoms with E-state index in [9.17, 15) is 4.79 Å². The number of carbonyl (C=O) groups is 1. The lowest BCUT2D eigenvalue weighted by atomic mass is 9.81. The third kappa shape index (κ3) is 9.57. The number of piperidine rings is 1. The van der Waals surface area contributed by atoms with Crippen molar-refractivity contribution in [3.8, 4) is 11.5 Å². The average molecular weight is 598 g/mol. The van der Waals surface area contributed by atoms with Crippen molar-refractivity contribution in [2.24, 2.45) is 5.92 Å². The fraction of sp³-hybridized carbons (Fsp3) is 0.618. The zero-order chi connectivity index (χ0) is 30.4. The van der Waals surface area contributed by atoms with E-state index < -0.39 is 0 Å². The normalized spacial score (nSPS) is 20.7. The number of carbonyl (C=O) groups excluding carboxylic acids is 1. The van der Waals surface area contributed by atoms with Crippen LogP contribution in [-0.2, 0) is 25.6 Å². The van der Waals surface area contributed by atoms with Crippen molar-refractivity contribution in [3.63, 3.8) is 0 Å². The Morgan fingerprint density at radius 2 is 1.88 bits per heavy atom. The Balaban J connectivity index is 1.45. The highest BCUT2D eigenvalue weighted by Gasteiger charge is 2.34. The van der Waals surface area contributed by atoms with Crippen LogP contribution in [-0.4, -0.2) is 85.4 Å². The third-order valence-electron chi connectivity index (χ3n) is 8.57. The summed E-state index contributed by atoms with van der Waals surface area (Å²) in [4.78, 5) is 14.8. The number of anilines is 1. The maximum atomic E-state index is 12.5. The molecule has 2 aromatic carbocycles. The van der Waals surface area contributed by atoms with Crippen LogP contribution < -0.4 is 25.0 Å². The van der Waals surface area contributed by atoms with Gasteiger partial charge in [-0.1, -0.05) is 25.1 Å². The molecule has 4 atom stereocenters. The molecule has 1 unspecified atom stereocenters. The first-order valence-corrected chi connectivity index (χ1v) is 15.8. The largest absolute Gasteiger partial charge is 0.494 e. The van der Waals surface area contributed by atoms with Crippen LogP contribution in [0, 0.1) is 5.92 Å². The van der Waals surface area contributed by atoms with Crippen molar-refractivity contribution in [2.75, 3.05) is 72.2 Å². The molecule has 9 nitrogen and oxygen atoms in total. The van der Waals surface area contributed by atoms with Gasteiger partial charge in [-0.25, -0.2) is 0 Å². The zero-order valence-corrected chi connectivity index (χ0v) is 26.4. The topological polar surface area (TPSA) is 90.5 Å². The lowest BCUT2D eigenvalue weighted by molar-refractivity contribution is -0.125. The summed E-state index contributed by atoms with van der Waals surface area (Å²) in [5.74, 6) is 2.09. The maximum Gasteiger partial charge on any atom is 0.222 e. The Kier molecular flexibility index (Phi) is 13.4. The van der Waals surface area contributed by atoms with E-state index in [1.54, 1.807) is 21.3 Å². The Labute approximate surface area is 257 Å². The van der Waals surface area contributed by atoms with Gasteiger partial charge in [0.15, 0.2) is 0 Å². The minimum atomic E-state index is -0.00644. The SMILES string of the molecule is CCC(C[C@H]1C[C@H](c2ccc(OCCCOC)cc2)[C@@H](OCc2ccc3c(c2)N(CCCOC)CCO3)CN1)C(=O)NC. The Morgan fingerprint density at radius 3 is 2.63 bits per heavy atom. The summed E-state index contributed by atoms with van der Waals surface area (Å²) < 4.78 is 28.9. The van der Waals surface area contributed by atoms with E-state index in [0.717, 1.165) is 81.1 Å². The molecule has 0 aromatic heterocycles. The second-order valence-corrected chi connectivity index (χ2v) is 11.5.